The standard InChI is InChI=1S/C16H14N2S/c1-11-7-9-12(10-8-11)14-15(17)19-16(18-14)13-5-3-2-4-6-13/h2-10H,17H2,1H3. The van der Waals surface area contributed by atoms with Crippen LogP contribution in [0.25, 0.3) is 21.8 Å². The Hall–Kier alpha value is -2.13. The lowest BCUT2D eigenvalue weighted by molar-refractivity contribution is 1.39. The summed E-state index contributed by atoms with van der Waals surface area (Å²) < 4.78 is 0. The molecule has 94 valence electrons. The van der Waals surface area contributed by atoms with Gasteiger partial charge in [-0.2, -0.15) is 0 Å². The lowest BCUT2D eigenvalue weighted by atomic mass is 10.1. The van der Waals surface area contributed by atoms with E-state index >= 15 is 0 Å². The van der Waals surface area contributed by atoms with E-state index < -0.39 is 0 Å². The molecule has 3 heteroatoms. The van der Waals surface area contributed by atoms with Gasteiger partial charge in [0.15, 0.2) is 0 Å². The first kappa shape index (κ1) is 11.9. The van der Waals surface area contributed by atoms with Gasteiger partial charge < -0.3 is 5.73 Å². The van der Waals surface area contributed by atoms with E-state index in [9.17, 15) is 0 Å². The zero-order valence-electron chi connectivity index (χ0n) is 10.6. The van der Waals surface area contributed by atoms with Gasteiger partial charge >= 0.3 is 0 Å². The average Bonchev–Trinajstić information content (AvgIpc) is 2.83. The van der Waals surface area contributed by atoms with Gasteiger partial charge in [-0.3, -0.25) is 0 Å². The number of aryl methyl sites for hydroxylation is 1. The van der Waals surface area contributed by atoms with Crippen molar-refractivity contribution in [2.45, 2.75) is 6.92 Å². The largest absolute Gasteiger partial charge is 0.389 e. The fraction of sp³-hybridized carbons (Fsp3) is 0.0625. The number of aromatic nitrogens is 1. The number of nitrogens with zero attached hydrogens (tertiary/aromatic N) is 1. The summed E-state index contributed by atoms with van der Waals surface area (Å²) in [5.74, 6) is 0. The van der Waals surface area contributed by atoms with Gasteiger partial charge in [0.25, 0.3) is 0 Å². The Morgan fingerprint density at radius 1 is 0.895 bits per heavy atom. The minimum atomic E-state index is 0.766. The second-order valence-corrected chi connectivity index (χ2v) is 5.49. The fourth-order valence-electron chi connectivity index (χ4n) is 1.95. The Labute approximate surface area is 116 Å². The number of anilines is 1. The number of hydrogen-bond donors (Lipinski definition) is 1. The summed E-state index contributed by atoms with van der Waals surface area (Å²) in [6, 6.07) is 18.4. The maximum atomic E-state index is 6.10. The highest BCUT2D eigenvalue weighted by Crippen LogP contribution is 2.35. The molecule has 3 aromatic rings. The second kappa shape index (κ2) is 4.86. The third-order valence-electron chi connectivity index (χ3n) is 3.00. The van der Waals surface area contributed by atoms with Crippen LogP contribution in [0.15, 0.2) is 54.6 Å². The Bertz CT molecular complexity index is 685. The van der Waals surface area contributed by atoms with Crippen LogP contribution in [-0.4, -0.2) is 4.98 Å². The first-order valence-corrected chi connectivity index (χ1v) is 6.94. The monoisotopic (exact) mass is 266 g/mol. The van der Waals surface area contributed by atoms with Crippen molar-refractivity contribution in [2.24, 2.45) is 0 Å². The minimum Gasteiger partial charge on any atom is -0.389 e. The summed E-state index contributed by atoms with van der Waals surface area (Å²) in [5.41, 5.74) is 10.4. The smallest absolute Gasteiger partial charge is 0.126 e. The van der Waals surface area contributed by atoms with Crippen LogP contribution in [0.5, 0.6) is 0 Å². The van der Waals surface area contributed by atoms with Crippen LogP contribution in [0.1, 0.15) is 5.56 Å². The Balaban J connectivity index is 2.05. The molecule has 0 saturated heterocycles. The van der Waals surface area contributed by atoms with Crippen molar-refractivity contribution in [1.82, 2.24) is 4.98 Å². The molecule has 19 heavy (non-hydrogen) atoms. The van der Waals surface area contributed by atoms with E-state index in [-0.39, 0.29) is 0 Å². The molecule has 0 spiro atoms. The van der Waals surface area contributed by atoms with E-state index in [1.165, 1.54) is 16.9 Å². The van der Waals surface area contributed by atoms with Gasteiger partial charge in [0.05, 0.1) is 0 Å². The zero-order chi connectivity index (χ0) is 13.2. The van der Waals surface area contributed by atoms with Crippen LogP contribution < -0.4 is 5.73 Å². The Morgan fingerprint density at radius 2 is 1.58 bits per heavy atom. The minimum absolute atomic E-state index is 0.766. The van der Waals surface area contributed by atoms with Crippen LogP contribution in [-0.2, 0) is 0 Å². The van der Waals surface area contributed by atoms with E-state index in [4.69, 9.17) is 5.73 Å². The molecule has 1 heterocycles. The normalized spacial score (nSPS) is 10.6. The van der Waals surface area contributed by atoms with Gasteiger partial charge in [-0.15, -0.1) is 0 Å². The summed E-state index contributed by atoms with van der Waals surface area (Å²) in [6.45, 7) is 2.07. The third-order valence-corrected chi connectivity index (χ3v) is 3.93. The maximum absolute atomic E-state index is 6.10. The lowest BCUT2D eigenvalue weighted by Crippen LogP contribution is -1.85. The number of hydrogen-bond acceptors (Lipinski definition) is 3. The second-order valence-electron chi connectivity index (χ2n) is 4.46. The molecule has 0 amide bonds. The van der Waals surface area contributed by atoms with E-state index in [1.54, 1.807) is 0 Å². The number of rotatable bonds is 2. The van der Waals surface area contributed by atoms with Crippen molar-refractivity contribution in [2.75, 3.05) is 5.73 Å². The summed E-state index contributed by atoms with van der Waals surface area (Å²) in [6.07, 6.45) is 0. The van der Waals surface area contributed by atoms with Gasteiger partial charge in [0, 0.05) is 11.1 Å². The molecule has 0 aliphatic carbocycles. The van der Waals surface area contributed by atoms with Gasteiger partial charge in [-0.05, 0) is 6.92 Å². The summed E-state index contributed by atoms with van der Waals surface area (Å²) >= 11 is 1.53. The molecule has 0 saturated carbocycles. The Morgan fingerprint density at radius 3 is 2.26 bits per heavy atom. The topological polar surface area (TPSA) is 38.9 Å². The summed E-state index contributed by atoms with van der Waals surface area (Å²) in [4.78, 5) is 4.67. The van der Waals surface area contributed by atoms with E-state index in [1.807, 2.05) is 18.2 Å². The van der Waals surface area contributed by atoms with Gasteiger partial charge in [0.2, 0.25) is 0 Å². The summed E-state index contributed by atoms with van der Waals surface area (Å²) in [7, 11) is 0. The van der Waals surface area contributed by atoms with Crippen LogP contribution >= 0.6 is 11.3 Å². The zero-order valence-corrected chi connectivity index (χ0v) is 11.4. The van der Waals surface area contributed by atoms with Crippen molar-refractivity contribution < 1.29 is 0 Å². The highest BCUT2D eigenvalue weighted by Gasteiger charge is 2.11. The first-order chi connectivity index (χ1) is 9.24. The molecule has 0 atom stereocenters. The van der Waals surface area contributed by atoms with Gasteiger partial charge in [-0.25, -0.2) is 4.98 Å². The molecule has 0 aliphatic heterocycles. The predicted molar refractivity (Wildman–Crippen MR) is 82.1 cm³/mol. The first-order valence-electron chi connectivity index (χ1n) is 6.13. The van der Waals surface area contributed by atoms with Crippen molar-refractivity contribution in [1.29, 1.82) is 0 Å². The highest BCUT2D eigenvalue weighted by atomic mass is 32.1. The van der Waals surface area contributed by atoms with Gasteiger partial charge in [0.1, 0.15) is 15.7 Å². The molecular formula is C16H14N2S. The van der Waals surface area contributed by atoms with E-state index in [0.717, 1.165) is 26.8 Å². The van der Waals surface area contributed by atoms with Crippen molar-refractivity contribution in [3.05, 3.63) is 60.2 Å². The van der Waals surface area contributed by atoms with E-state index in [0.29, 0.717) is 0 Å². The molecule has 0 bridgehead atoms. The highest BCUT2D eigenvalue weighted by molar-refractivity contribution is 7.19. The quantitative estimate of drug-likeness (QED) is 0.748. The van der Waals surface area contributed by atoms with Crippen molar-refractivity contribution in [3.8, 4) is 21.8 Å². The van der Waals surface area contributed by atoms with Crippen LogP contribution in [0.3, 0.4) is 0 Å². The van der Waals surface area contributed by atoms with Crippen LogP contribution in [0, 0.1) is 6.92 Å². The van der Waals surface area contributed by atoms with Crippen molar-refractivity contribution >= 4 is 16.3 Å². The molecule has 0 aliphatic rings. The molecule has 1 aromatic heterocycles. The molecular weight excluding hydrogens is 252 g/mol. The number of thiazole rings is 1. The molecule has 0 unspecified atom stereocenters. The maximum Gasteiger partial charge on any atom is 0.126 e. The number of nitrogen functional groups attached to an aromatic ring is 1. The van der Waals surface area contributed by atoms with Crippen molar-refractivity contribution in [3.63, 3.8) is 0 Å². The number of benzene rings is 2. The Kier molecular flexibility index (Phi) is 3.05. The lowest BCUT2D eigenvalue weighted by Gasteiger charge is -1.99. The SMILES string of the molecule is Cc1ccc(-c2nc(-c3ccccc3)sc2N)cc1. The predicted octanol–water partition coefficient (Wildman–Crippen LogP) is 4.37. The molecule has 2 N–H and O–H groups in total. The molecule has 2 nitrogen and oxygen atoms in total. The van der Waals surface area contributed by atoms with E-state index in [2.05, 4.69) is 48.3 Å². The molecule has 0 fully saturated rings. The van der Waals surface area contributed by atoms with Crippen LogP contribution in [0.4, 0.5) is 5.00 Å². The van der Waals surface area contributed by atoms with Gasteiger partial charge in [-0.1, -0.05) is 71.5 Å². The third kappa shape index (κ3) is 2.37. The average molecular weight is 266 g/mol. The number of nitrogens with two attached hydrogens (primary N) is 1. The molecule has 3 rings (SSSR count). The summed E-state index contributed by atoms with van der Waals surface area (Å²) in [5, 5.41) is 1.73. The molecule has 0 radical (unpaired) electrons. The fourth-order valence-corrected chi connectivity index (χ4v) is 2.81. The van der Waals surface area contributed by atoms with Crippen LogP contribution in [0.2, 0.25) is 0 Å². The molecule has 2 aromatic carbocycles.